The first-order valence-corrected chi connectivity index (χ1v) is 7.51. The van der Waals surface area contributed by atoms with Crippen LogP contribution in [0, 0.1) is 0 Å². The molecule has 0 atom stereocenters. The maximum atomic E-state index is 12.6. The van der Waals surface area contributed by atoms with E-state index in [2.05, 4.69) is 20.8 Å². The first-order valence-electron chi connectivity index (χ1n) is 6.31. The van der Waals surface area contributed by atoms with Gasteiger partial charge in [0, 0.05) is 9.90 Å². The molecular weight excluding hydrogens is 292 g/mol. The fraction of sp³-hybridized carbons (Fsp3) is 0.312. The highest BCUT2D eigenvalue weighted by atomic mass is 35.5. The van der Waals surface area contributed by atoms with Gasteiger partial charge in [-0.2, -0.15) is 0 Å². The predicted molar refractivity (Wildman–Crippen MR) is 84.5 cm³/mol. The van der Waals surface area contributed by atoms with E-state index in [-0.39, 0.29) is 11.2 Å². The van der Waals surface area contributed by atoms with Gasteiger partial charge >= 0.3 is 0 Å². The Kier molecular flexibility index (Phi) is 4.21. The van der Waals surface area contributed by atoms with Crippen LogP contribution in [0.15, 0.2) is 30.3 Å². The highest BCUT2D eigenvalue weighted by Gasteiger charge is 2.21. The lowest BCUT2D eigenvalue weighted by atomic mass is 9.95. The fourth-order valence-corrected chi connectivity index (χ4v) is 3.04. The smallest absolute Gasteiger partial charge is 0.206 e. The van der Waals surface area contributed by atoms with Gasteiger partial charge in [-0.3, -0.25) is 4.79 Å². The van der Waals surface area contributed by atoms with E-state index in [0.29, 0.717) is 21.2 Å². The summed E-state index contributed by atoms with van der Waals surface area (Å²) in [4.78, 5) is 14.5. The molecule has 2 nitrogen and oxygen atoms in total. The summed E-state index contributed by atoms with van der Waals surface area (Å²) >= 11 is 7.50. The number of ether oxygens (including phenoxy) is 1. The number of benzene rings is 1. The number of thiophene rings is 1. The molecule has 0 unspecified atom stereocenters. The van der Waals surface area contributed by atoms with Crippen molar-refractivity contribution in [3.05, 3.63) is 50.7 Å². The Bertz CT molecular complexity index is 638. The number of methoxy groups -OCH3 is 1. The van der Waals surface area contributed by atoms with E-state index in [9.17, 15) is 4.79 Å². The third kappa shape index (κ3) is 3.05. The Labute approximate surface area is 128 Å². The van der Waals surface area contributed by atoms with Crippen molar-refractivity contribution in [2.24, 2.45) is 0 Å². The summed E-state index contributed by atoms with van der Waals surface area (Å²) in [5, 5.41) is 0.529. The van der Waals surface area contributed by atoms with Crippen LogP contribution in [0.3, 0.4) is 0 Å². The minimum Gasteiger partial charge on any atom is -0.496 e. The molecular formula is C16H17ClO2S. The van der Waals surface area contributed by atoms with Gasteiger partial charge in [0.05, 0.1) is 17.6 Å². The van der Waals surface area contributed by atoms with Crippen LogP contribution in [-0.4, -0.2) is 12.9 Å². The van der Waals surface area contributed by atoms with Gasteiger partial charge in [0.2, 0.25) is 5.78 Å². The summed E-state index contributed by atoms with van der Waals surface area (Å²) in [6.07, 6.45) is 0. The predicted octanol–water partition coefficient (Wildman–Crippen LogP) is 4.94. The summed E-state index contributed by atoms with van der Waals surface area (Å²) < 4.78 is 5.24. The molecule has 106 valence electrons. The first kappa shape index (κ1) is 15.1. The summed E-state index contributed by atoms with van der Waals surface area (Å²) in [5.41, 5.74) is 0.545. The SMILES string of the molecule is COc1ccc(Cl)cc1C(=O)c1ccc(C(C)(C)C)s1. The molecule has 0 aliphatic rings. The molecule has 0 saturated carbocycles. The van der Waals surface area contributed by atoms with E-state index in [4.69, 9.17) is 16.3 Å². The standard InChI is InChI=1S/C16H17ClO2S/c1-16(2,3)14-8-7-13(20-14)15(18)11-9-10(17)5-6-12(11)19-4/h5-9H,1-4H3. The van der Waals surface area contributed by atoms with Crippen LogP contribution in [-0.2, 0) is 5.41 Å². The van der Waals surface area contributed by atoms with E-state index in [1.165, 1.54) is 16.2 Å². The molecule has 2 aromatic rings. The topological polar surface area (TPSA) is 26.3 Å². The van der Waals surface area contributed by atoms with Crippen molar-refractivity contribution >= 4 is 28.7 Å². The number of carbonyl (C=O) groups excluding carboxylic acids is 1. The molecule has 0 spiro atoms. The lowest BCUT2D eigenvalue weighted by molar-refractivity contribution is 0.103. The normalized spacial score (nSPS) is 11.4. The highest BCUT2D eigenvalue weighted by Crippen LogP contribution is 2.32. The molecule has 1 aromatic heterocycles. The van der Waals surface area contributed by atoms with Gasteiger partial charge in [0.25, 0.3) is 0 Å². The maximum Gasteiger partial charge on any atom is 0.206 e. The zero-order valence-electron chi connectivity index (χ0n) is 12.0. The van der Waals surface area contributed by atoms with Crippen molar-refractivity contribution in [1.29, 1.82) is 0 Å². The van der Waals surface area contributed by atoms with Gasteiger partial charge in [-0.1, -0.05) is 32.4 Å². The number of hydrogen-bond donors (Lipinski definition) is 0. The molecule has 0 N–H and O–H groups in total. The van der Waals surface area contributed by atoms with Crippen molar-refractivity contribution in [2.75, 3.05) is 7.11 Å². The van der Waals surface area contributed by atoms with Crippen LogP contribution < -0.4 is 4.74 Å². The molecule has 2 rings (SSSR count). The van der Waals surface area contributed by atoms with Crippen LogP contribution >= 0.6 is 22.9 Å². The Hall–Kier alpha value is -1.32. The third-order valence-corrected chi connectivity index (χ3v) is 4.72. The summed E-state index contributed by atoms with van der Waals surface area (Å²) in [6.45, 7) is 6.40. The van der Waals surface area contributed by atoms with Crippen LogP contribution in [0.1, 0.15) is 40.9 Å². The molecule has 1 aromatic carbocycles. The van der Waals surface area contributed by atoms with Crippen molar-refractivity contribution in [3.8, 4) is 5.75 Å². The highest BCUT2D eigenvalue weighted by molar-refractivity contribution is 7.14. The van der Waals surface area contributed by atoms with Crippen LogP contribution in [0.5, 0.6) is 5.75 Å². The zero-order valence-corrected chi connectivity index (χ0v) is 13.6. The lowest BCUT2D eigenvalue weighted by Gasteiger charge is -2.15. The van der Waals surface area contributed by atoms with E-state index in [1.54, 1.807) is 25.3 Å². The van der Waals surface area contributed by atoms with Crippen molar-refractivity contribution < 1.29 is 9.53 Å². The molecule has 0 aliphatic heterocycles. The number of ketones is 1. The van der Waals surface area contributed by atoms with E-state index in [1.807, 2.05) is 12.1 Å². The Morgan fingerprint density at radius 1 is 1.20 bits per heavy atom. The van der Waals surface area contributed by atoms with Gasteiger partial charge in [-0.15, -0.1) is 11.3 Å². The molecule has 20 heavy (non-hydrogen) atoms. The number of hydrogen-bond acceptors (Lipinski definition) is 3. The second kappa shape index (κ2) is 5.58. The number of rotatable bonds is 3. The van der Waals surface area contributed by atoms with Crippen LogP contribution in [0.2, 0.25) is 5.02 Å². The molecule has 0 bridgehead atoms. The van der Waals surface area contributed by atoms with Crippen molar-refractivity contribution in [1.82, 2.24) is 0 Å². The average molecular weight is 309 g/mol. The molecule has 0 radical (unpaired) electrons. The van der Waals surface area contributed by atoms with Crippen molar-refractivity contribution in [3.63, 3.8) is 0 Å². The first-order chi connectivity index (χ1) is 9.32. The summed E-state index contributed by atoms with van der Waals surface area (Å²) in [6, 6.07) is 8.96. The van der Waals surface area contributed by atoms with Crippen molar-refractivity contribution in [2.45, 2.75) is 26.2 Å². The molecule has 0 saturated heterocycles. The average Bonchev–Trinajstić information content (AvgIpc) is 2.87. The van der Waals surface area contributed by atoms with Crippen LogP contribution in [0.25, 0.3) is 0 Å². The lowest BCUT2D eigenvalue weighted by Crippen LogP contribution is -2.08. The van der Waals surface area contributed by atoms with Gasteiger partial charge < -0.3 is 4.74 Å². The Morgan fingerprint density at radius 2 is 1.90 bits per heavy atom. The van der Waals surface area contributed by atoms with Gasteiger partial charge in [-0.05, 0) is 35.7 Å². The maximum absolute atomic E-state index is 12.6. The molecule has 1 heterocycles. The number of carbonyl (C=O) groups is 1. The molecule has 0 fully saturated rings. The van der Waals surface area contributed by atoms with E-state index in [0.717, 1.165) is 0 Å². The minimum atomic E-state index is -0.0511. The quantitative estimate of drug-likeness (QED) is 0.751. The van der Waals surface area contributed by atoms with Crippen LogP contribution in [0.4, 0.5) is 0 Å². The molecule has 0 amide bonds. The van der Waals surface area contributed by atoms with Gasteiger partial charge in [-0.25, -0.2) is 0 Å². The fourth-order valence-electron chi connectivity index (χ4n) is 1.85. The second-order valence-corrected chi connectivity index (χ2v) is 7.11. The second-order valence-electron chi connectivity index (χ2n) is 5.59. The third-order valence-electron chi connectivity index (χ3n) is 2.98. The van der Waals surface area contributed by atoms with E-state index >= 15 is 0 Å². The minimum absolute atomic E-state index is 0.0433. The number of halogens is 1. The molecule has 4 heteroatoms. The Morgan fingerprint density at radius 3 is 2.45 bits per heavy atom. The monoisotopic (exact) mass is 308 g/mol. The van der Waals surface area contributed by atoms with Gasteiger partial charge in [0.15, 0.2) is 0 Å². The van der Waals surface area contributed by atoms with Gasteiger partial charge in [0.1, 0.15) is 5.75 Å². The zero-order chi connectivity index (χ0) is 14.9. The Balaban J connectivity index is 2.41. The summed E-state index contributed by atoms with van der Waals surface area (Å²) in [7, 11) is 1.55. The molecule has 0 aliphatic carbocycles. The summed E-state index contributed by atoms with van der Waals surface area (Å²) in [5.74, 6) is 0.495. The van der Waals surface area contributed by atoms with E-state index < -0.39 is 0 Å². The largest absolute Gasteiger partial charge is 0.496 e.